The number of hydrogen-bond donors (Lipinski definition) is 0. The van der Waals surface area contributed by atoms with Crippen LogP contribution in [0.5, 0.6) is 0 Å². The van der Waals surface area contributed by atoms with E-state index in [-0.39, 0.29) is 0 Å². The first-order valence-electron chi connectivity index (χ1n) is 15.5. The van der Waals surface area contributed by atoms with E-state index in [1.54, 1.807) is 0 Å². The van der Waals surface area contributed by atoms with Gasteiger partial charge in [0.1, 0.15) is 0 Å². The summed E-state index contributed by atoms with van der Waals surface area (Å²) in [7, 11) is 0. The largest absolute Gasteiger partial charge is 0.309 e. The van der Waals surface area contributed by atoms with Gasteiger partial charge in [0.25, 0.3) is 0 Å². The van der Waals surface area contributed by atoms with Gasteiger partial charge in [-0.1, -0.05) is 121 Å². The molecular weight excluding hydrogens is 544 g/mol. The number of aromatic nitrogens is 2. The van der Waals surface area contributed by atoms with E-state index in [2.05, 4.69) is 180 Å². The standard InChI is InChI=1S/C43H30N2/c1-29-17-19-30(20-18-29)31-21-23-32(24-22-31)33-9-8-10-34(27-33)44-42-16-7-4-13-38(42)39-28-35(25-26-43(39)44)45-40-14-5-2-11-36(40)37-12-3-6-15-41(37)45/h2-28H,1H3. The molecule has 7 aromatic carbocycles. The third-order valence-electron chi connectivity index (χ3n) is 9.20. The van der Waals surface area contributed by atoms with Crippen LogP contribution in [-0.2, 0) is 0 Å². The minimum Gasteiger partial charge on any atom is -0.309 e. The van der Waals surface area contributed by atoms with Crippen LogP contribution >= 0.6 is 0 Å². The van der Waals surface area contributed by atoms with Crippen LogP contribution in [0.4, 0.5) is 0 Å². The van der Waals surface area contributed by atoms with Gasteiger partial charge in [0, 0.05) is 32.9 Å². The molecule has 0 saturated heterocycles. The molecule has 2 heteroatoms. The van der Waals surface area contributed by atoms with Crippen molar-refractivity contribution in [3.63, 3.8) is 0 Å². The number of nitrogens with zero attached hydrogens (tertiary/aromatic N) is 2. The Morgan fingerprint density at radius 2 is 0.756 bits per heavy atom. The quantitative estimate of drug-likeness (QED) is 0.198. The molecule has 0 unspecified atom stereocenters. The van der Waals surface area contributed by atoms with Crippen molar-refractivity contribution in [2.75, 3.05) is 0 Å². The third kappa shape index (κ3) is 4.11. The van der Waals surface area contributed by atoms with Gasteiger partial charge in [-0.3, -0.25) is 0 Å². The van der Waals surface area contributed by atoms with Gasteiger partial charge in [0.15, 0.2) is 0 Å². The molecule has 212 valence electrons. The highest BCUT2D eigenvalue weighted by Gasteiger charge is 2.16. The number of para-hydroxylation sites is 3. The van der Waals surface area contributed by atoms with E-state index in [4.69, 9.17) is 0 Å². The average Bonchev–Trinajstić information content (AvgIpc) is 3.61. The Bertz CT molecular complexity index is 2470. The summed E-state index contributed by atoms with van der Waals surface area (Å²) in [6.45, 7) is 2.13. The van der Waals surface area contributed by atoms with Crippen molar-refractivity contribution in [3.05, 3.63) is 169 Å². The Labute approximate surface area is 262 Å². The molecule has 0 spiro atoms. The van der Waals surface area contributed by atoms with Gasteiger partial charge in [0.05, 0.1) is 22.1 Å². The summed E-state index contributed by atoms with van der Waals surface area (Å²) in [5.41, 5.74) is 13.4. The molecule has 0 radical (unpaired) electrons. The van der Waals surface area contributed by atoms with Crippen LogP contribution in [0.15, 0.2) is 164 Å². The van der Waals surface area contributed by atoms with Gasteiger partial charge in [-0.05, 0) is 77.7 Å². The van der Waals surface area contributed by atoms with Crippen LogP contribution in [0.25, 0.3) is 77.2 Å². The lowest BCUT2D eigenvalue weighted by Crippen LogP contribution is -1.96. The maximum atomic E-state index is 2.41. The molecule has 0 aliphatic heterocycles. The summed E-state index contributed by atoms with van der Waals surface area (Å²) in [5, 5.41) is 5.06. The van der Waals surface area contributed by atoms with Crippen molar-refractivity contribution in [3.8, 4) is 33.6 Å². The summed E-state index contributed by atoms with van der Waals surface area (Å²) in [6, 6.07) is 59.7. The maximum Gasteiger partial charge on any atom is 0.0542 e. The van der Waals surface area contributed by atoms with Gasteiger partial charge in [-0.15, -0.1) is 0 Å². The van der Waals surface area contributed by atoms with Crippen molar-refractivity contribution in [2.45, 2.75) is 6.92 Å². The van der Waals surface area contributed by atoms with E-state index < -0.39 is 0 Å². The summed E-state index contributed by atoms with van der Waals surface area (Å²) in [4.78, 5) is 0. The fourth-order valence-corrected chi connectivity index (χ4v) is 7.00. The highest BCUT2D eigenvalue weighted by atomic mass is 15.0. The van der Waals surface area contributed by atoms with E-state index in [0.717, 1.165) is 5.69 Å². The number of rotatable bonds is 4. The molecule has 0 bridgehead atoms. The predicted molar refractivity (Wildman–Crippen MR) is 191 cm³/mol. The van der Waals surface area contributed by atoms with Crippen molar-refractivity contribution in [1.82, 2.24) is 9.13 Å². The monoisotopic (exact) mass is 574 g/mol. The summed E-state index contributed by atoms with van der Waals surface area (Å²) in [6.07, 6.45) is 0. The van der Waals surface area contributed by atoms with Crippen LogP contribution in [-0.4, -0.2) is 9.13 Å². The first-order chi connectivity index (χ1) is 22.2. The zero-order chi connectivity index (χ0) is 29.9. The number of hydrogen-bond acceptors (Lipinski definition) is 0. The number of fused-ring (bicyclic) bond motifs is 6. The molecule has 2 nitrogen and oxygen atoms in total. The lowest BCUT2D eigenvalue weighted by Gasteiger charge is -2.12. The van der Waals surface area contributed by atoms with Crippen LogP contribution in [0.3, 0.4) is 0 Å². The molecule has 0 amide bonds. The highest BCUT2D eigenvalue weighted by molar-refractivity contribution is 6.12. The van der Waals surface area contributed by atoms with Crippen molar-refractivity contribution < 1.29 is 0 Å². The minimum absolute atomic E-state index is 1.16. The fourth-order valence-electron chi connectivity index (χ4n) is 7.00. The van der Waals surface area contributed by atoms with Crippen molar-refractivity contribution in [2.24, 2.45) is 0 Å². The van der Waals surface area contributed by atoms with Gasteiger partial charge < -0.3 is 9.13 Å². The van der Waals surface area contributed by atoms with E-state index in [0.29, 0.717) is 0 Å². The molecule has 0 aliphatic carbocycles. The molecular formula is C43H30N2. The molecule has 2 heterocycles. The average molecular weight is 575 g/mol. The third-order valence-corrected chi connectivity index (χ3v) is 9.20. The zero-order valence-corrected chi connectivity index (χ0v) is 25.0. The summed E-state index contributed by atoms with van der Waals surface area (Å²) >= 11 is 0. The lowest BCUT2D eigenvalue weighted by atomic mass is 9.99. The second kappa shape index (κ2) is 10.1. The van der Waals surface area contributed by atoms with E-state index >= 15 is 0 Å². The summed E-state index contributed by atoms with van der Waals surface area (Å²) in [5.74, 6) is 0. The zero-order valence-electron chi connectivity index (χ0n) is 25.0. The lowest BCUT2D eigenvalue weighted by molar-refractivity contribution is 1.17. The van der Waals surface area contributed by atoms with Crippen LogP contribution in [0.2, 0.25) is 0 Å². The Balaban J connectivity index is 1.18. The molecule has 0 aliphatic rings. The molecule has 0 fully saturated rings. The van der Waals surface area contributed by atoms with Crippen LogP contribution in [0.1, 0.15) is 5.56 Å². The SMILES string of the molecule is Cc1ccc(-c2ccc(-c3cccc(-n4c5ccccc5c5cc(-n6c7ccccc7c7ccccc76)ccc54)c3)cc2)cc1. The number of aryl methyl sites for hydroxylation is 1. The molecule has 0 N–H and O–H groups in total. The molecule has 9 aromatic rings. The first-order valence-corrected chi connectivity index (χ1v) is 15.5. The van der Waals surface area contributed by atoms with Gasteiger partial charge in [-0.2, -0.15) is 0 Å². The first kappa shape index (κ1) is 25.6. The maximum absolute atomic E-state index is 2.41. The van der Waals surface area contributed by atoms with Gasteiger partial charge in [0.2, 0.25) is 0 Å². The van der Waals surface area contributed by atoms with Crippen molar-refractivity contribution in [1.29, 1.82) is 0 Å². The topological polar surface area (TPSA) is 9.86 Å². The molecule has 2 aromatic heterocycles. The van der Waals surface area contributed by atoms with Gasteiger partial charge >= 0.3 is 0 Å². The molecule has 9 rings (SSSR count). The Hall–Kier alpha value is -5.86. The van der Waals surface area contributed by atoms with Crippen LogP contribution in [0, 0.1) is 6.92 Å². The Kier molecular flexibility index (Phi) is 5.76. The predicted octanol–water partition coefficient (Wildman–Crippen LogP) is 11.5. The second-order valence-corrected chi connectivity index (χ2v) is 11.9. The molecule has 0 atom stereocenters. The minimum atomic E-state index is 1.16. The van der Waals surface area contributed by atoms with E-state index in [9.17, 15) is 0 Å². The second-order valence-electron chi connectivity index (χ2n) is 11.9. The van der Waals surface area contributed by atoms with E-state index in [1.807, 2.05) is 0 Å². The summed E-state index contributed by atoms with van der Waals surface area (Å²) < 4.78 is 4.81. The van der Waals surface area contributed by atoms with Crippen LogP contribution < -0.4 is 0 Å². The Morgan fingerprint density at radius 1 is 0.311 bits per heavy atom. The molecule has 0 saturated carbocycles. The van der Waals surface area contributed by atoms with E-state index in [1.165, 1.54) is 77.1 Å². The molecule has 45 heavy (non-hydrogen) atoms. The Morgan fingerprint density at radius 3 is 1.33 bits per heavy atom. The van der Waals surface area contributed by atoms with Gasteiger partial charge in [-0.25, -0.2) is 0 Å². The number of benzene rings is 7. The fraction of sp³-hybridized carbons (Fsp3) is 0.0233. The van der Waals surface area contributed by atoms with Crippen molar-refractivity contribution >= 4 is 43.6 Å². The normalized spacial score (nSPS) is 11.7. The smallest absolute Gasteiger partial charge is 0.0542 e. The highest BCUT2D eigenvalue weighted by Crippen LogP contribution is 2.37.